The van der Waals surface area contributed by atoms with Gasteiger partial charge in [-0.1, -0.05) is 19.8 Å². The minimum absolute atomic E-state index is 0.682. The Hall–Kier alpha value is -1.09. The van der Waals surface area contributed by atoms with Crippen LogP contribution in [0.15, 0.2) is 24.5 Å². The maximum Gasteiger partial charge on any atom is 0.137 e. The lowest BCUT2D eigenvalue weighted by atomic mass is 9.86. The highest BCUT2D eigenvalue weighted by atomic mass is 16.5. The van der Waals surface area contributed by atoms with Crippen molar-refractivity contribution in [3.8, 4) is 5.75 Å². The lowest BCUT2D eigenvalue weighted by Crippen LogP contribution is -2.39. The number of aromatic nitrogens is 1. The lowest BCUT2D eigenvalue weighted by molar-refractivity contribution is 0.251. The summed E-state index contributed by atoms with van der Waals surface area (Å²) in [6.45, 7) is 3.98. The van der Waals surface area contributed by atoms with Gasteiger partial charge in [-0.05, 0) is 30.9 Å². The second-order valence-electron chi connectivity index (χ2n) is 4.86. The fourth-order valence-corrected chi connectivity index (χ4v) is 2.47. The van der Waals surface area contributed by atoms with E-state index >= 15 is 0 Å². The number of hydrogen-bond acceptors (Lipinski definition) is 3. The molecule has 0 aromatic carbocycles. The summed E-state index contributed by atoms with van der Waals surface area (Å²) in [6, 6.07) is 4.52. The zero-order chi connectivity index (χ0) is 11.9. The van der Waals surface area contributed by atoms with Crippen molar-refractivity contribution in [2.24, 2.45) is 5.92 Å². The molecule has 0 amide bonds. The van der Waals surface area contributed by atoms with Gasteiger partial charge in [0, 0.05) is 18.8 Å². The van der Waals surface area contributed by atoms with Crippen molar-refractivity contribution >= 4 is 0 Å². The van der Waals surface area contributed by atoms with Crippen LogP contribution in [0.5, 0.6) is 5.75 Å². The van der Waals surface area contributed by atoms with Crippen LogP contribution in [0, 0.1) is 5.92 Å². The van der Waals surface area contributed by atoms with Gasteiger partial charge in [0.15, 0.2) is 0 Å². The van der Waals surface area contributed by atoms with Crippen LogP contribution in [-0.4, -0.2) is 24.2 Å². The molecule has 0 bridgehead atoms. The number of nitrogens with zero attached hydrogens (tertiary/aromatic N) is 1. The molecule has 1 aliphatic rings. The zero-order valence-electron chi connectivity index (χ0n) is 10.6. The minimum atomic E-state index is 0.682. The standard InChI is InChI=1S/C14H22N2O/c1-12-5-2-3-7-14(12)16-9-10-17-13-6-4-8-15-11-13/h4,6,8,11-12,14,16H,2-3,5,7,9-10H2,1H3. The molecule has 1 saturated carbocycles. The van der Waals surface area contributed by atoms with Gasteiger partial charge in [-0.15, -0.1) is 0 Å². The Balaban J connectivity index is 1.63. The number of rotatable bonds is 5. The summed E-state index contributed by atoms with van der Waals surface area (Å²) in [4.78, 5) is 4.02. The second-order valence-corrected chi connectivity index (χ2v) is 4.86. The van der Waals surface area contributed by atoms with Crippen molar-refractivity contribution in [2.75, 3.05) is 13.2 Å². The van der Waals surface area contributed by atoms with E-state index in [0.29, 0.717) is 6.04 Å². The van der Waals surface area contributed by atoms with Crippen LogP contribution >= 0.6 is 0 Å². The summed E-state index contributed by atoms with van der Waals surface area (Å²) in [7, 11) is 0. The normalized spacial score (nSPS) is 24.5. The van der Waals surface area contributed by atoms with Gasteiger partial charge in [-0.3, -0.25) is 4.98 Å². The van der Waals surface area contributed by atoms with E-state index in [0.717, 1.165) is 24.8 Å². The highest BCUT2D eigenvalue weighted by Gasteiger charge is 2.19. The molecule has 1 aliphatic carbocycles. The predicted molar refractivity (Wildman–Crippen MR) is 69.2 cm³/mol. The topological polar surface area (TPSA) is 34.1 Å². The highest BCUT2D eigenvalue weighted by Crippen LogP contribution is 2.23. The van der Waals surface area contributed by atoms with Gasteiger partial charge in [-0.2, -0.15) is 0 Å². The van der Waals surface area contributed by atoms with Gasteiger partial charge in [0.1, 0.15) is 12.4 Å². The van der Waals surface area contributed by atoms with Crippen molar-refractivity contribution in [1.29, 1.82) is 0 Å². The van der Waals surface area contributed by atoms with Crippen LogP contribution in [0.3, 0.4) is 0 Å². The van der Waals surface area contributed by atoms with E-state index in [4.69, 9.17) is 4.74 Å². The molecular weight excluding hydrogens is 212 g/mol. The summed E-state index contributed by atoms with van der Waals surface area (Å²) >= 11 is 0. The molecule has 3 heteroatoms. The molecule has 1 fully saturated rings. The third-order valence-electron chi connectivity index (χ3n) is 3.52. The second kappa shape index (κ2) is 6.60. The van der Waals surface area contributed by atoms with E-state index in [1.807, 2.05) is 12.1 Å². The molecule has 3 nitrogen and oxygen atoms in total. The van der Waals surface area contributed by atoms with Crippen molar-refractivity contribution in [1.82, 2.24) is 10.3 Å². The molecule has 94 valence electrons. The third kappa shape index (κ3) is 4.00. The Labute approximate surface area is 104 Å². The Morgan fingerprint density at radius 1 is 1.41 bits per heavy atom. The maximum absolute atomic E-state index is 5.61. The van der Waals surface area contributed by atoms with Crippen molar-refractivity contribution in [3.63, 3.8) is 0 Å². The number of nitrogens with one attached hydrogen (secondary N) is 1. The first-order valence-corrected chi connectivity index (χ1v) is 6.62. The summed E-state index contributed by atoms with van der Waals surface area (Å²) in [5.41, 5.74) is 0. The maximum atomic E-state index is 5.61. The quantitative estimate of drug-likeness (QED) is 0.795. The van der Waals surface area contributed by atoms with Crippen LogP contribution in [0.4, 0.5) is 0 Å². The first-order chi connectivity index (χ1) is 8.36. The fourth-order valence-electron chi connectivity index (χ4n) is 2.47. The average molecular weight is 234 g/mol. The largest absolute Gasteiger partial charge is 0.491 e. The van der Waals surface area contributed by atoms with Gasteiger partial charge >= 0.3 is 0 Å². The molecule has 2 unspecified atom stereocenters. The zero-order valence-corrected chi connectivity index (χ0v) is 10.6. The molecular formula is C14H22N2O. The molecule has 1 aromatic rings. The molecule has 2 atom stereocenters. The molecule has 0 spiro atoms. The Morgan fingerprint density at radius 3 is 3.06 bits per heavy atom. The van der Waals surface area contributed by atoms with Crippen LogP contribution < -0.4 is 10.1 Å². The number of hydrogen-bond donors (Lipinski definition) is 1. The van der Waals surface area contributed by atoms with E-state index < -0.39 is 0 Å². The van der Waals surface area contributed by atoms with Crippen LogP contribution in [-0.2, 0) is 0 Å². The predicted octanol–water partition coefficient (Wildman–Crippen LogP) is 2.63. The molecule has 0 saturated heterocycles. The minimum Gasteiger partial charge on any atom is -0.491 e. The number of pyridine rings is 1. The smallest absolute Gasteiger partial charge is 0.137 e. The van der Waals surface area contributed by atoms with Crippen LogP contribution in [0.1, 0.15) is 32.6 Å². The molecule has 0 aliphatic heterocycles. The van der Waals surface area contributed by atoms with Crippen molar-refractivity contribution in [2.45, 2.75) is 38.6 Å². The Bertz CT molecular complexity index is 315. The van der Waals surface area contributed by atoms with E-state index in [1.54, 1.807) is 12.4 Å². The van der Waals surface area contributed by atoms with E-state index in [9.17, 15) is 0 Å². The van der Waals surface area contributed by atoms with Gasteiger partial charge in [0.25, 0.3) is 0 Å². The Morgan fingerprint density at radius 2 is 2.29 bits per heavy atom. The fraction of sp³-hybridized carbons (Fsp3) is 0.643. The van der Waals surface area contributed by atoms with E-state index in [1.165, 1.54) is 25.7 Å². The third-order valence-corrected chi connectivity index (χ3v) is 3.52. The summed E-state index contributed by atoms with van der Waals surface area (Å²) in [5.74, 6) is 1.66. The molecule has 2 rings (SSSR count). The first kappa shape index (κ1) is 12.4. The van der Waals surface area contributed by atoms with Gasteiger partial charge in [0.2, 0.25) is 0 Å². The number of ether oxygens (including phenoxy) is 1. The average Bonchev–Trinajstić information content (AvgIpc) is 2.38. The van der Waals surface area contributed by atoms with Crippen LogP contribution in [0.2, 0.25) is 0 Å². The highest BCUT2D eigenvalue weighted by molar-refractivity contribution is 5.15. The van der Waals surface area contributed by atoms with Gasteiger partial charge in [0.05, 0.1) is 6.20 Å². The Kier molecular flexibility index (Phi) is 4.80. The monoisotopic (exact) mass is 234 g/mol. The molecule has 1 aromatic heterocycles. The van der Waals surface area contributed by atoms with Crippen molar-refractivity contribution in [3.05, 3.63) is 24.5 Å². The van der Waals surface area contributed by atoms with E-state index in [2.05, 4.69) is 17.2 Å². The van der Waals surface area contributed by atoms with E-state index in [-0.39, 0.29) is 0 Å². The van der Waals surface area contributed by atoms with Crippen molar-refractivity contribution < 1.29 is 4.74 Å². The lowest BCUT2D eigenvalue weighted by Gasteiger charge is -2.29. The molecule has 1 heterocycles. The van der Waals surface area contributed by atoms with Gasteiger partial charge < -0.3 is 10.1 Å². The van der Waals surface area contributed by atoms with Crippen LogP contribution in [0.25, 0.3) is 0 Å². The SMILES string of the molecule is CC1CCCCC1NCCOc1cccnc1. The molecule has 17 heavy (non-hydrogen) atoms. The summed E-state index contributed by atoms with van der Waals surface area (Å²) in [6.07, 6.45) is 8.95. The summed E-state index contributed by atoms with van der Waals surface area (Å²) in [5, 5.41) is 3.60. The molecule has 0 radical (unpaired) electrons. The summed E-state index contributed by atoms with van der Waals surface area (Å²) < 4.78 is 5.61. The van der Waals surface area contributed by atoms with Gasteiger partial charge in [-0.25, -0.2) is 0 Å². The first-order valence-electron chi connectivity index (χ1n) is 6.62. The molecule has 1 N–H and O–H groups in total.